The monoisotopic (exact) mass is 508 g/mol. The van der Waals surface area contributed by atoms with Gasteiger partial charge in [0.2, 0.25) is 5.95 Å². The molecule has 8 nitrogen and oxygen atoms in total. The fourth-order valence-corrected chi connectivity index (χ4v) is 5.42. The predicted octanol–water partition coefficient (Wildman–Crippen LogP) is 4.02. The van der Waals surface area contributed by atoms with Crippen molar-refractivity contribution in [3.63, 3.8) is 0 Å². The SMILES string of the molecule is CCCc1nc(N2CCC(Cc3ccccc3)CC2)ncc1C(=O)NS(=O)(=O)c1ccc(OC)cc1. The lowest BCUT2D eigenvalue weighted by molar-refractivity contribution is 0.0979. The number of nitrogens with zero attached hydrogens (tertiary/aromatic N) is 3. The lowest BCUT2D eigenvalue weighted by atomic mass is 9.90. The Balaban J connectivity index is 1.44. The average Bonchev–Trinajstić information content (AvgIpc) is 2.89. The molecule has 9 heteroatoms. The second-order valence-electron chi connectivity index (χ2n) is 9.01. The Morgan fingerprint density at radius 1 is 1.08 bits per heavy atom. The Morgan fingerprint density at radius 2 is 1.78 bits per heavy atom. The summed E-state index contributed by atoms with van der Waals surface area (Å²) in [5, 5.41) is 0. The van der Waals surface area contributed by atoms with Crippen LogP contribution < -0.4 is 14.4 Å². The van der Waals surface area contributed by atoms with E-state index in [4.69, 9.17) is 4.74 Å². The fourth-order valence-electron chi connectivity index (χ4n) is 4.45. The van der Waals surface area contributed by atoms with Crippen molar-refractivity contribution < 1.29 is 17.9 Å². The highest BCUT2D eigenvalue weighted by Crippen LogP contribution is 2.25. The molecule has 0 spiro atoms. The van der Waals surface area contributed by atoms with Gasteiger partial charge < -0.3 is 9.64 Å². The molecule has 3 aromatic rings. The maximum atomic E-state index is 12.9. The summed E-state index contributed by atoms with van der Waals surface area (Å²) in [5.41, 5.74) is 2.09. The van der Waals surface area contributed by atoms with Gasteiger partial charge in [0, 0.05) is 19.3 Å². The number of amides is 1. The van der Waals surface area contributed by atoms with Gasteiger partial charge in [-0.05, 0) is 61.4 Å². The first kappa shape index (κ1) is 25.6. The molecule has 190 valence electrons. The molecular weight excluding hydrogens is 476 g/mol. The maximum Gasteiger partial charge on any atom is 0.268 e. The van der Waals surface area contributed by atoms with E-state index in [1.807, 2.05) is 13.0 Å². The number of hydrogen-bond acceptors (Lipinski definition) is 7. The number of methoxy groups -OCH3 is 1. The summed E-state index contributed by atoms with van der Waals surface area (Å²) in [5.74, 6) is 0.999. The largest absolute Gasteiger partial charge is 0.497 e. The number of piperidine rings is 1. The summed E-state index contributed by atoms with van der Waals surface area (Å²) in [6, 6.07) is 16.4. The van der Waals surface area contributed by atoms with Crippen molar-refractivity contribution in [1.29, 1.82) is 0 Å². The Labute approximate surface area is 212 Å². The Hall–Kier alpha value is -3.46. The third kappa shape index (κ3) is 6.20. The zero-order chi connectivity index (χ0) is 25.5. The van der Waals surface area contributed by atoms with Crippen LogP contribution in [0.3, 0.4) is 0 Å². The summed E-state index contributed by atoms with van der Waals surface area (Å²) in [6.45, 7) is 3.69. The van der Waals surface area contributed by atoms with Crippen LogP contribution >= 0.6 is 0 Å². The van der Waals surface area contributed by atoms with Crippen LogP contribution in [0.1, 0.15) is 47.8 Å². The molecule has 1 fully saturated rings. The van der Waals surface area contributed by atoms with Crippen LogP contribution in [-0.2, 0) is 22.9 Å². The molecule has 1 aromatic heterocycles. The number of rotatable bonds is 9. The third-order valence-electron chi connectivity index (χ3n) is 6.45. The van der Waals surface area contributed by atoms with Gasteiger partial charge in [-0.1, -0.05) is 43.7 Å². The molecule has 36 heavy (non-hydrogen) atoms. The molecule has 2 aromatic carbocycles. The molecule has 2 heterocycles. The van der Waals surface area contributed by atoms with E-state index in [2.05, 4.69) is 43.9 Å². The van der Waals surface area contributed by atoms with Crippen LogP contribution in [0.2, 0.25) is 0 Å². The summed E-state index contributed by atoms with van der Waals surface area (Å²) < 4.78 is 32.7. The van der Waals surface area contributed by atoms with E-state index in [1.54, 1.807) is 0 Å². The Bertz CT molecular complexity index is 1270. The predicted molar refractivity (Wildman–Crippen MR) is 139 cm³/mol. The molecule has 0 radical (unpaired) electrons. The summed E-state index contributed by atoms with van der Waals surface area (Å²) >= 11 is 0. The lowest BCUT2D eigenvalue weighted by Crippen LogP contribution is -2.36. The Morgan fingerprint density at radius 3 is 2.42 bits per heavy atom. The minimum absolute atomic E-state index is 0.0235. The van der Waals surface area contributed by atoms with E-state index >= 15 is 0 Å². The summed E-state index contributed by atoms with van der Waals surface area (Å²) in [6.07, 6.45) is 5.92. The molecule has 0 unspecified atom stereocenters. The summed E-state index contributed by atoms with van der Waals surface area (Å²) in [4.78, 5) is 24.2. The van der Waals surface area contributed by atoms with Crippen LogP contribution in [0.4, 0.5) is 5.95 Å². The molecule has 1 aliphatic rings. The van der Waals surface area contributed by atoms with Crippen LogP contribution in [0.25, 0.3) is 0 Å². The van der Waals surface area contributed by atoms with Crippen molar-refractivity contribution in [1.82, 2.24) is 14.7 Å². The second kappa shape index (κ2) is 11.5. The van der Waals surface area contributed by atoms with Gasteiger partial charge in [-0.2, -0.15) is 0 Å². The molecule has 0 saturated carbocycles. The molecule has 1 amide bonds. The van der Waals surface area contributed by atoms with Crippen LogP contribution in [0.5, 0.6) is 5.75 Å². The number of benzene rings is 2. The molecule has 0 atom stereocenters. The zero-order valence-corrected chi connectivity index (χ0v) is 21.5. The summed E-state index contributed by atoms with van der Waals surface area (Å²) in [7, 11) is -2.55. The van der Waals surface area contributed by atoms with E-state index < -0.39 is 15.9 Å². The van der Waals surface area contributed by atoms with Gasteiger partial charge in [-0.3, -0.25) is 4.79 Å². The molecular formula is C27H32N4O4S. The normalized spacial score (nSPS) is 14.4. The minimum atomic E-state index is -4.05. The van der Waals surface area contributed by atoms with Crippen LogP contribution in [0.15, 0.2) is 65.7 Å². The zero-order valence-electron chi connectivity index (χ0n) is 20.7. The number of ether oxygens (including phenoxy) is 1. The highest BCUT2D eigenvalue weighted by molar-refractivity contribution is 7.90. The third-order valence-corrected chi connectivity index (χ3v) is 7.79. The molecule has 1 saturated heterocycles. The number of carbonyl (C=O) groups is 1. The molecule has 1 N–H and O–H groups in total. The maximum absolute atomic E-state index is 12.9. The average molecular weight is 509 g/mol. The minimum Gasteiger partial charge on any atom is -0.497 e. The topological polar surface area (TPSA) is 101 Å². The van der Waals surface area contributed by atoms with Crippen molar-refractivity contribution in [3.8, 4) is 5.75 Å². The number of aromatic nitrogens is 2. The van der Waals surface area contributed by atoms with Gasteiger partial charge in [0.05, 0.1) is 23.3 Å². The van der Waals surface area contributed by atoms with Crippen LogP contribution in [0, 0.1) is 5.92 Å². The van der Waals surface area contributed by atoms with Gasteiger partial charge in [0.25, 0.3) is 15.9 Å². The standard InChI is InChI=1S/C27H32N4O4S/c1-3-7-25-24(26(32)30-36(33,34)23-12-10-22(35-2)11-13-23)19-28-27(29-25)31-16-14-21(15-17-31)18-20-8-5-4-6-9-20/h4-6,8-13,19,21H,3,7,14-18H2,1-2H3,(H,30,32). The smallest absolute Gasteiger partial charge is 0.268 e. The number of sulfonamides is 1. The van der Waals surface area contributed by atoms with E-state index in [9.17, 15) is 13.2 Å². The molecule has 4 rings (SSSR count). The first-order chi connectivity index (χ1) is 17.4. The van der Waals surface area contributed by atoms with Gasteiger partial charge >= 0.3 is 0 Å². The first-order valence-corrected chi connectivity index (χ1v) is 13.7. The van der Waals surface area contributed by atoms with E-state index in [-0.39, 0.29) is 10.5 Å². The highest BCUT2D eigenvalue weighted by atomic mass is 32.2. The number of anilines is 1. The van der Waals surface area contributed by atoms with Gasteiger partial charge in [0.15, 0.2) is 0 Å². The second-order valence-corrected chi connectivity index (χ2v) is 10.7. The van der Waals surface area contributed by atoms with Crippen molar-refractivity contribution in [2.75, 3.05) is 25.1 Å². The molecule has 1 aliphatic heterocycles. The van der Waals surface area contributed by atoms with E-state index in [1.165, 1.54) is 43.1 Å². The van der Waals surface area contributed by atoms with Crippen molar-refractivity contribution in [2.24, 2.45) is 5.92 Å². The highest BCUT2D eigenvalue weighted by Gasteiger charge is 2.25. The number of nitrogens with one attached hydrogen (secondary N) is 1. The van der Waals surface area contributed by atoms with Crippen molar-refractivity contribution >= 4 is 21.9 Å². The Kier molecular flexibility index (Phi) is 8.20. The quantitative estimate of drug-likeness (QED) is 0.466. The molecule has 0 aliphatic carbocycles. The lowest BCUT2D eigenvalue weighted by Gasteiger charge is -2.32. The fraction of sp³-hybridized carbons (Fsp3) is 0.370. The first-order valence-electron chi connectivity index (χ1n) is 12.3. The van der Waals surface area contributed by atoms with E-state index in [0.717, 1.165) is 38.8 Å². The number of hydrogen-bond donors (Lipinski definition) is 1. The number of aryl methyl sites for hydroxylation is 1. The van der Waals surface area contributed by atoms with E-state index in [0.29, 0.717) is 29.7 Å². The van der Waals surface area contributed by atoms with Gasteiger partial charge in [-0.25, -0.2) is 23.1 Å². The molecule has 0 bridgehead atoms. The number of carbonyl (C=O) groups excluding carboxylic acids is 1. The van der Waals surface area contributed by atoms with Crippen LogP contribution in [-0.4, -0.2) is 44.5 Å². The van der Waals surface area contributed by atoms with Gasteiger partial charge in [-0.15, -0.1) is 0 Å². The van der Waals surface area contributed by atoms with Crippen molar-refractivity contribution in [2.45, 2.75) is 43.9 Å². The van der Waals surface area contributed by atoms with Gasteiger partial charge in [0.1, 0.15) is 5.75 Å². The van der Waals surface area contributed by atoms with Crippen molar-refractivity contribution in [3.05, 3.63) is 77.6 Å².